The van der Waals surface area contributed by atoms with E-state index in [1.807, 2.05) is 5.92 Å². The first-order valence-corrected chi connectivity index (χ1v) is 5.84. The smallest absolute Gasteiger partial charge is 0.299 e. The minimum atomic E-state index is -3.00. The number of carbonyl (C=O) groups is 1. The van der Waals surface area contributed by atoms with Crippen molar-refractivity contribution in [3.05, 3.63) is 0 Å². The fourth-order valence-corrected chi connectivity index (χ4v) is 1.78. The standard InChI is InChI=1S/C13H18F2O/c1-10(2)12(16)9-11-7-5-3-4-6-8-13(11,14)15/h10-11H,3-5,7,9H2,1-2H3. The number of hydrogen-bond acceptors (Lipinski definition) is 1. The van der Waals surface area contributed by atoms with E-state index in [4.69, 9.17) is 0 Å². The van der Waals surface area contributed by atoms with Crippen LogP contribution in [-0.2, 0) is 4.79 Å². The molecule has 0 saturated carbocycles. The summed E-state index contributed by atoms with van der Waals surface area (Å²) in [6.07, 6.45) is 2.50. The summed E-state index contributed by atoms with van der Waals surface area (Å²) in [5.74, 6) is 0.367. The normalized spacial score (nSPS) is 24.2. The summed E-state index contributed by atoms with van der Waals surface area (Å²) in [4.78, 5) is 11.5. The monoisotopic (exact) mass is 228 g/mol. The van der Waals surface area contributed by atoms with Gasteiger partial charge in [0, 0.05) is 24.7 Å². The van der Waals surface area contributed by atoms with Crippen molar-refractivity contribution in [2.45, 2.75) is 51.9 Å². The van der Waals surface area contributed by atoms with E-state index in [1.54, 1.807) is 13.8 Å². The molecule has 1 unspecified atom stereocenters. The lowest BCUT2D eigenvalue weighted by atomic mass is 9.86. The van der Waals surface area contributed by atoms with Gasteiger partial charge in [0.2, 0.25) is 0 Å². The van der Waals surface area contributed by atoms with Gasteiger partial charge in [-0.05, 0) is 18.8 Å². The Kier molecular flexibility index (Phi) is 4.46. The van der Waals surface area contributed by atoms with E-state index in [-0.39, 0.29) is 18.1 Å². The molecule has 1 nitrogen and oxygen atoms in total. The maximum atomic E-state index is 13.6. The van der Waals surface area contributed by atoms with E-state index in [1.165, 1.54) is 0 Å². The summed E-state index contributed by atoms with van der Waals surface area (Å²) in [5.41, 5.74) is 0. The lowest BCUT2D eigenvalue weighted by Crippen LogP contribution is -2.30. The van der Waals surface area contributed by atoms with Gasteiger partial charge in [-0.15, -0.1) is 0 Å². The van der Waals surface area contributed by atoms with Crippen molar-refractivity contribution in [1.82, 2.24) is 0 Å². The van der Waals surface area contributed by atoms with Crippen LogP contribution in [0.25, 0.3) is 0 Å². The van der Waals surface area contributed by atoms with Gasteiger partial charge in [0.1, 0.15) is 5.78 Å². The van der Waals surface area contributed by atoms with Crippen molar-refractivity contribution in [2.24, 2.45) is 11.8 Å². The zero-order valence-corrected chi connectivity index (χ0v) is 9.85. The molecule has 16 heavy (non-hydrogen) atoms. The first kappa shape index (κ1) is 13.2. The van der Waals surface area contributed by atoms with Crippen LogP contribution in [0.5, 0.6) is 0 Å². The van der Waals surface area contributed by atoms with Gasteiger partial charge in [0.05, 0.1) is 0 Å². The molecule has 0 N–H and O–H groups in total. The number of Topliss-reactive ketones (excluding diaryl/α,β-unsaturated/α-hetero) is 1. The summed E-state index contributed by atoms with van der Waals surface area (Å²) in [5, 5.41) is 0. The van der Waals surface area contributed by atoms with E-state index >= 15 is 0 Å². The number of carbonyl (C=O) groups excluding carboxylic acids is 1. The molecule has 1 aliphatic rings. The molecular weight excluding hydrogens is 210 g/mol. The molecule has 1 rings (SSSR count). The van der Waals surface area contributed by atoms with Gasteiger partial charge < -0.3 is 0 Å². The molecule has 0 aromatic heterocycles. The van der Waals surface area contributed by atoms with Gasteiger partial charge in [-0.3, -0.25) is 4.79 Å². The molecule has 0 amide bonds. The zero-order chi connectivity index (χ0) is 12.2. The minimum Gasteiger partial charge on any atom is -0.299 e. The predicted molar refractivity (Wildman–Crippen MR) is 59.1 cm³/mol. The van der Waals surface area contributed by atoms with Crippen molar-refractivity contribution >= 4 is 5.78 Å². The fraction of sp³-hybridized carbons (Fsp3) is 0.769. The number of halogens is 2. The number of hydrogen-bond donors (Lipinski definition) is 0. The van der Waals surface area contributed by atoms with Gasteiger partial charge in [-0.1, -0.05) is 26.2 Å². The Labute approximate surface area is 95.6 Å². The molecule has 90 valence electrons. The van der Waals surface area contributed by atoms with Crippen LogP contribution in [0.1, 0.15) is 46.0 Å². The highest BCUT2D eigenvalue weighted by Gasteiger charge is 2.39. The molecule has 1 aliphatic carbocycles. The lowest BCUT2D eigenvalue weighted by Gasteiger charge is -2.23. The van der Waals surface area contributed by atoms with Crippen molar-refractivity contribution in [3.63, 3.8) is 0 Å². The van der Waals surface area contributed by atoms with Gasteiger partial charge in [-0.2, -0.15) is 8.78 Å². The van der Waals surface area contributed by atoms with Crippen molar-refractivity contribution in [3.8, 4) is 11.8 Å². The van der Waals surface area contributed by atoms with E-state index in [0.29, 0.717) is 12.8 Å². The zero-order valence-electron chi connectivity index (χ0n) is 9.85. The third-order valence-corrected chi connectivity index (χ3v) is 2.96. The first-order valence-electron chi connectivity index (χ1n) is 5.84. The lowest BCUT2D eigenvalue weighted by molar-refractivity contribution is -0.125. The van der Waals surface area contributed by atoms with Gasteiger partial charge in [0.25, 0.3) is 0 Å². The highest BCUT2D eigenvalue weighted by Crippen LogP contribution is 2.33. The van der Waals surface area contributed by atoms with Crippen molar-refractivity contribution in [2.75, 3.05) is 0 Å². The predicted octanol–water partition coefficient (Wildman–Crippen LogP) is 3.43. The quantitative estimate of drug-likeness (QED) is 0.676. The van der Waals surface area contributed by atoms with Crippen molar-refractivity contribution in [1.29, 1.82) is 0 Å². The molecule has 0 spiro atoms. The Bertz CT molecular complexity index is 310. The number of ketones is 1. The third-order valence-electron chi connectivity index (χ3n) is 2.96. The largest absolute Gasteiger partial charge is 0.311 e. The van der Waals surface area contributed by atoms with E-state index < -0.39 is 11.8 Å². The SMILES string of the molecule is CC(C)C(=O)CC1CCCCC#CC1(F)F. The highest BCUT2D eigenvalue weighted by molar-refractivity contribution is 5.80. The summed E-state index contributed by atoms with van der Waals surface area (Å²) in [7, 11) is 0. The average molecular weight is 228 g/mol. The van der Waals surface area contributed by atoms with E-state index in [9.17, 15) is 13.6 Å². The van der Waals surface area contributed by atoms with Crippen LogP contribution in [0, 0.1) is 23.7 Å². The van der Waals surface area contributed by atoms with Crippen LogP contribution in [0.2, 0.25) is 0 Å². The van der Waals surface area contributed by atoms with Crippen LogP contribution in [0.15, 0.2) is 0 Å². The Morgan fingerprint density at radius 1 is 1.44 bits per heavy atom. The number of alkyl halides is 2. The highest BCUT2D eigenvalue weighted by atomic mass is 19.3. The Morgan fingerprint density at radius 3 is 2.75 bits per heavy atom. The molecule has 0 saturated heterocycles. The topological polar surface area (TPSA) is 17.1 Å². The molecule has 1 atom stereocenters. The van der Waals surface area contributed by atoms with Crippen LogP contribution in [0.3, 0.4) is 0 Å². The van der Waals surface area contributed by atoms with Gasteiger partial charge >= 0.3 is 5.92 Å². The van der Waals surface area contributed by atoms with Crippen LogP contribution in [-0.4, -0.2) is 11.7 Å². The fourth-order valence-electron chi connectivity index (χ4n) is 1.78. The molecule has 0 aromatic carbocycles. The maximum absolute atomic E-state index is 13.6. The summed E-state index contributed by atoms with van der Waals surface area (Å²) in [6.45, 7) is 3.49. The molecule has 0 aliphatic heterocycles. The Balaban J connectivity index is 2.73. The van der Waals surface area contributed by atoms with Gasteiger partial charge in [0.15, 0.2) is 0 Å². The van der Waals surface area contributed by atoms with E-state index in [2.05, 4.69) is 5.92 Å². The maximum Gasteiger partial charge on any atom is 0.311 e. The molecule has 3 heteroatoms. The molecular formula is C13H18F2O. The second-order valence-corrected chi connectivity index (χ2v) is 4.69. The summed E-state index contributed by atoms with van der Waals surface area (Å²) < 4.78 is 27.2. The number of rotatable bonds is 3. The van der Waals surface area contributed by atoms with E-state index in [0.717, 1.165) is 12.8 Å². The summed E-state index contributed by atoms with van der Waals surface area (Å²) >= 11 is 0. The third kappa shape index (κ3) is 3.59. The molecule has 0 heterocycles. The Morgan fingerprint density at radius 2 is 2.12 bits per heavy atom. The molecule has 0 bridgehead atoms. The molecule has 0 radical (unpaired) electrons. The Hall–Kier alpha value is -0.910. The second-order valence-electron chi connectivity index (χ2n) is 4.69. The molecule has 0 aromatic rings. The first-order chi connectivity index (χ1) is 7.43. The second kappa shape index (κ2) is 5.43. The summed E-state index contributed by atoms with van der Waals surface area (Å²) in [6, 6.07) is 0. The van der Waals surface area contributed by atoms with Crippen LogP contribution in [0.4, 0.5) is 8.78 Å². The average Bonchev–Trinajstić information content (AvgIpc) is 2.18. The van der Waals surface area contributed by atoms with Gasteiger partial charge in [-0.25, -0.2) is 0 Å². The van der Waals surface area contributed by atoms with Crippen molar-refractivity contribution < 1.29 is 13.6 Å². The van der Waals surface area contributed by atoms with Crippen LogP contribution >= 0.6 is 0 Å². The van der Waals surface area contributed by atoms with Crippen LogP contribution < -0.4 is 0 Å². The molecule has 0 fully saturated rings. The minimum absolute atomic E-state index is 0.0423.